The zero-order valence-electron chi connectivity index (χ0n) is 11.3. The molecule has 0 spiro atoms. The largest absolute Gasteiger partial charge is 0.385 e. The highest BCUT2D eigenvalue weighted by Crippen LogP contribution is 2.20. The molecule has 0 aliphatic carbocycles. The van der Waals surface area contributed by atoms with E-state index in [0.29, 0.717) is 11.4 Å². The van der Waals surface area contributed by atoms with Crippen LogP contribution in [0.2, 0.25) is 0 Å². The van der Waals surface area contributed by atoms with E-state index in [2.05, 4.69) is 15.8 Å². The summed E-state index contributed by atoms with van der Waals surface area (Å²) in [6.45, 7) is 6.43. The number of nitrogens with one attached hydrogen (secondary N) is 2. The Kier molecular flexibility index (Phi) is 3.85. The number of aryl methyl sites for hydroxylation is 1. The van der Waals surface area contributed by atoms with Crippen LogP contribution in [0.25, 0.3) is 0 Å². The normalized spacial score (nSPS) is 10.3. The molecule has 0 aliphatic heterocycles. The van der Waals surface area contributed by atoms with Gasteiger partial charge in [0, 0.05) is 17.8 Å². The third-order valence-corrected chi connectivity index (χ3v) is 2.92. The van der Waals surface area contributed by atoms with Gasteiger partial charge in [-0.15, -0.1) is 0 Å². The topological polar surface area (TPSA) is 67.2 Å². The van der Waals surface area contributed by atoms with Crippen LogP contribution in [0.5, 0.6) is 0 Å². The number of hydrogen-bond donors (Lipinski definition) is 2. The van der Waals surface area contributed by atoms with Gasteiger partial charge in [-0.1, -0.05) is 17.3 Å². The van der Waals surface area contributed by atoms with E-state index in [-0.39, 0.29) is 5.91 Å². The SMILES string of the molecule is CCNc1ccccc1C(=O)Nc1onc(C)c1C. The zero-order valence-corrected chi connectivity index (χ0v) is 11.3. The van der Waals surface area contributed by atoms with Gasteiger partial charge in [-0.2, -0.15) is 0 Å². The minimum Gasteiger partial charge on any atom is -0.385 e. The van der Waals surface area contributed by atoms with Crippen LogP contribution in [-0.4, -0.2) is 17.6 Å². The Morgan fingerprint density at radius 3 is 2.68 bits per heavy atom. The summed E-state index contributed by atoms with van der Waals surface area (Å²) >= 11 is 0. The number of amides is 1. The molecule has 1 heterocycles. The van der Waals surface area contributed by atoms with Crippen molar-refractivity contribution in [2.24, 2.45) is 0 Å². The van der Waals surface area contributed by atoms with Gasteiger partial charge in [-0.05, 0) is 32.9 Å². The first-order chi connectivity index (χ1) is 9.13. The number of carbonyl (C=O) groups excluding carboxylic acids is 1. The minimum absolute atomic E-state index is 0.212. The second-order valence-corrected chi connectivity index (χ2v) is 4.25. The first-order valence-electron chi connectivity index (χ1n) is 6.20. The van der Waals surface area contributed by atoms with Crippen LogP contribution in [0.4, 0.5) is 11.6 Å². The summed E-state index contributed by atoms with van der Waals surface area (Å²) in [5.41, 5.74) is 3.00. The molecule has 1 aromatic carbocycles. The molecule has 0 aliphatic rings. The highest BCUT2D eigenvalue weighted by Gasteiger charge is 2.15. The molecule has 5 nitrogen and oxygen atoms in total. The highest BCUT2D eigenvalue weighted by atomic mass is 16.5. The first-order valence-corrected chi connectivity index (χ1v) is 6.20. The Hall–Kier alpha value is -2.30. The molecule has 1 amide bonds. The molecule has 0 bridgehead atoms. The fourth-order valence-electron chi connectivity index (χ4n) is 1.73. The molecular formula is C14H17N3O2. The number of hydrogen-bond acceptors (Lipinski definition) is 4. The van der Waals surface area contributed by atoms with Gasteiger partial charge in [-0.3, -0.25) is 10.1 Å². The van der Waals surface area contributed by atoms with Crippen LogP contribution in [0.3, 0.4) is 0 Å². The molecule has 0 radical (unpaired) electrons. The first kappa shape index (κ1) is 13.1. The average molecular weight is 259 g/mol. The van der Waals surface area contributed by atoms with E-state index in [1.807, 2.05) is 39.0 Å². The highest BCUT2D eigenvalue weighted by molar-refractivity contribution is 6.07. The lowest BCUT2D eigenvalue weighted by Crippen LogP contribution is -2.14. The number of nitrogens with zero attached hydrogens (tertiary/aromatic N) is 1. The molecule has 0 saturated heterocycles. The summed E-state index contributed by atoms with van der Waals surface area (Å²) in [7, 11) is 0. The van der Waals surface area contributed by atoms with Gasteiger partial charge in [0.05, 0.1) is 11.3 Å². The van der Waals surface area contributed by atoms with Crippen molar-refractivity contribution in [3.8, 4) is 0 Å². The van der Waals surface area contributed by atoms with Crippen LogP contribution >= 0.6 is 0 Å². The van der Waals surface area contributed by atoms with Crippen molar-refractivity contribution in [1.29, 1.82) is 0 Å². The number of para-hydroxylation sites is 1. The number of carbonyl (C=O) groups is 1. The number of rotatable bonds is 4. The third kappa shape index (κ3) is 2.76. The van der Waals surface area contributed by atoms with Crippen molar-refractivity contribution >= 4 is 17.5 Å². The van der Waals surface area contributed by atoms with Crippen molar-refractivity contribution in [3.05, 3.63) is 41.1 Å². The summed E-state index contributed by atoms with van der Waals surface area (Å²) in [5, 5.41) is 9.71. The van der Waals surface area contributed by atoms with E-state index < -0.39 is 0 Å². The van der Waals surface area contributed by atoms with Crippen LogP contribution in [0, 0.1) is 13.8 Å². The lowest BCUT2D eigenvalue weighted by molar-refractivity contribution is 0.102. The van der Waals surface area contributed by atoms with E-state index in [1.165, 1.54) is 0 Å². The second kappa shape index (κ2) is 5.56. The lowest BCUT2D eigenvalue weighted by Gasteiger charge is -2.09. The molecule has 2 aromatic rings. The van der Waals surface area contributed by atoms with Crippen LogP contribution in [-0.2, 0) is 0 Å². The molecular weight excluding hydrogens is 242 g/mol. The maximum absolute atomic E-state index is 12.2. The van der Waals surface area contributed by atoms with Gasteiger partial charge < -0.3 is 9.84 Å². The standard InChI is InChI=1S/C14H17N3O2/c1-4-15-12-8-6-5-7-11(12)13(18)16-14-9(2)10(3)17-19-14/h5-8,15H,4H2,1-3H3,(H,16,18). The number of benzene rings is 1. The second-order valence-electron chi connectivity index (χ2n) is 4.25. The van der Waals surface area contributed by atoms with Crippen LogP contribution in [0.15, 0.2) is 28.8 Å². The molecule has 0 unspecified atom stereocenters. The van der Waals surface area contributed by atoms with Crippen molar-refractivity contribution in [1.82, 2.24) is 5.16 Å². The van der Waals surface area contributed by atoms with Crippen molar-refractivity contribution in [3.63, 3.8) is 0 Å². The Morgan fingerprint density at radius 1 is 1.32 bits per heavy atom. The van der Waals surface area contributed by atoms with Gasteiger partial charge in [0.25, 0.3) is 5.91 Å². The quantitative estimate of drug-likeness (QED) is 0.885. The molecule has 19 heavy (non-hydrogen) atoms. The van der Waals surface area contributed by atoms with Gasteiger partial charge >= 0.3 is 0 Å². The van der Waals surface area contributed by atoms with E-state index >= 15 is 0 Å². The van der Waals surface area contributed by atoms with Crippen LogP contribution < -0.4 is 10.6 Å². The van der Waals surface area contributed by atoms with E-state index in [4.69, 9.17) is 4.52 Å². The molecule has 0 atom stereocenters. The maximum atomic E-state index is 12.2. The zero-order chi connectivity index (χ0) is 13.8. The minimum atomic E-state index is -0.212. The smallest absolute Gasteiger partial charge is 0.260 e. The molecule has 2 rings (SSSR count). The molecule has 1 aromatic heterocycles. The predicted octanol–water partition coefficient (Wildman–Crippen LogP) is 2.98. The Balaban J connectivity index is 2.23. The fraction of sp³-hybridized carbons (Fsp3) is 0.286. The summed E-state index contributed by atoms with van der Waals surface area (Å²) in [4.78, 5) is 12.2. The van der Waals surface area contributed by atoms with Gasteiger partial charge in [0.1, 0.15) is 0 Å². The fourth-order valence-corrected chi connectivity index (χ4v) is 1.73. The van der Waals surface area contributed by atoms with E-state index in [1.54, 1.807) is 6.07 Å². The molecule has 2 N–H and O–H groups in total. The lowest BCUT2D eigenvalue weighted by atomic mass is 10.1. The van der Waals surface area contributed by atoms with Crippen molar-refractivity contribution in [2.75, 3.05) is 17.2 Å². The predicted molar refractivity (Wildman–Crippen MR) is 74.5 cm³/mol. The summed E-state index contributed by atoms with van der Waals surface area (Å²) in [6.07, 6.45) is 0. The average Bonchev–Trinajstić information content (AvgIpc) is 2.72. The molecule has 5 heteroatoms. The Labute approximate surface area is 112 Å². The third-order valence-electron chi connectivity index (χ3n) is 2.92. The summed E-state index contributed by atoms with van der Waals surface area (Å²) in [6, 6.07) is 7.36. The monoisotopic (exact) mass is 259 g/mol. The maximum Gasteiger partial charge on any atom is 0.260 e. The molecule has 0 fully saturated rings. The molecule has 0 saturated carbocycles. The van der Waals surface area contributed by atoms with Crippen molar-refractivity contribution in [2.45, 2.75) is 20.8 Å². The number of aromatic nitrogens is 1. The van der Waals surface area contributed by atoms with Gasteiger partial charge in [-0.25, -0.2) is 0 Å². The van der Waals surface area contributed by atoms with E-state index in [0.717, 1.165) is 23.5 Å². The Morgan fingerprint density at radius 2 is 2.05 bits per heavy atom. The Bertz CT molecular complexity index is 590. The summed E-state index contributed by atoms with van der Waals surface area (Å²) in [5.74, 6) is 0.185. The number of anilines is 2. The van der Waals surface area contributed by atoms with Gasteiger partial charge in [0.15, 0.2) is 0 Å². The van der Waals surface area contributed by atoms with Gasteiger partial charge in [0.2, 0.25) is 5.88 Å². The van der Waals surface area contributed by atoms with E-state index in [9.17, 15) is 4.79 Å². The molecule has 100 valence electrons. The summed E-state index contributed by atoms with van der Waals surface area (Å²) < 4.78 is 5.08. The van der Waals surface area contributed by atoms with Crippen molar-refractivity contribution < 1.29 is 9.32 Å². The van der Waals surface area contributed by atoms with Crippen LogP contribution in [0.1, 0.15) is 28.5 Å².